The van der Waals surface area contributed by atoms with Crippen LogP contribution in [0.5, 0.6) is 0 Å². The number of pyridine rings is 1. The molecule has 0 aliphatic carbocycles. The van der Waals surface area contributed by atoms with Crippen LogP contribution in [-0.2, 0) is 5.54 Å². The Morgan fingerprint density at radius 3 is 2.33 bits per heavy atom. The molecule has 3 rings (SSSR count). The number of benzene rings is 2. The normalized spacial score (nSPS) is 14.1. The fourth-order valence-electron chi connectivity index (χ4n) is 2.51. The fraction of sp³-hybridized carbons (Fsp3) is 0.167. The Labute approximate surface area is 133 Å². The van der Waals surface area contributed by atoms with Crippen LogP contribution in [0, 0.1) is 6.92 Å². The van der Waals surface area contributed by atoms with E-state index < -0.39 is 5.54 Å². The number of nitrogens with two attached hydrogens (primary N) is 1. The van der Waals surface area contributed by atoms with Crippen LogP contribution in [0.2, 0.25) is 0 Å². The van der Waals surface area contributed by atoms with E-state index in [2.05, 4.69) is 51.2 Å². The van der Waals surface area contributed by atoms with Crippen molar-refractivity contribution < 1.29 is 0 Å². The van der Waals surface area contributed by atoms with Crippen molar-refractivity contribution in [3.63, 3.8) is 0 Å². The van der Waals surface area contributed by atoms with Crippen molar-refractivity contribution in [2.75, 3.05) is 0 Å². The lowest BCUT2D eigenvalue weighted by molar-refractivity contribution is 0.604. The van der Waals surface area contributed by atoms with Crippen LogP contribution < -0.4 is 5.73 Å². The summed E-state index contributed by atoms with van der Waals surface area (Å²) in [6.45, 7) is 4.04. The third-order valence-electron chi connectivity index (χ3n) is 3.87. The molecule has 0 radical (unpaired) electrons. The van der Waals surface area contributed by atoms with Crippen molar-refractivity contribution in [1.82, 2.24) is 4.98 Å². The smallest absolute Gasteiger partial charge is 0.0705 e. The Kier molecular flexibility index (Phi) is 3.56. The topological polar surface area (TPSA) is 38.9 Å². The maximum Gasteiger partial charge on any atom is 0.0705 e. The number of aryl methyl sites for hydroxylation is 1. The van der Waals surface area contributed by atoms with E-state index in [4.69, 9.17) is 5.73 Å². The largest absolute Gasteiger partial charge is 0.318 e. The van der Waals surface area contributed by atoms with Crippen LogP contribution >= 0.6 is 15.9 Å². The molecule has 0 bridgehead atoms. The highest BCUT2D eigenvalue weighted by Gasteiger charge is 2.23. The number of fused-ring (bicyclic) bond motifs is 1. The molecule has 0 spiro atoms. The Bertz CT molecular complexity index is 792. The second-order valence-electron chi connectivity index (χ2n) is 5.57. The van der Waals surface area contributed by atoms with Crippen LogP contribution in [0.25, 0.3) is 10.9 Å². The lowest BCUT2D eigenvalue weighted by Gasteiger charge is -2.26. The molecule has 0 fully saturated rings. The summed E-state index contributed by atoms with van der Waals surface area (Å²) in [4.78, 5) is 4.54. The van der Waals surface area contributed by atoms with Gasteiger partial charge < -0.3 is 5.73 Å². The van der Waals surface area contributed by atoms with E-state index in [0.717, 1.165) is 32.2 Å². The van der Waals surface area contributed by atoms with Crippen molar-refractivity contribution >= 4 is 26.8 Å². The van der Waals surface area contributed by atoms with Gasteiger partial charge in [-0.1, -0.05) is 40.2 Å². The van der Waals surface area contributed by atoms with E-state index in [1.165, 1.54) is 0 Å². The van der Waals surface area contributed by atoms with Crippen LogP contribution in [0.3, 0.4) is 0 Å². The molecule has 0 saturated heterocycles. The first-order valence-electron chi connectivity index (χ1n) is 6.89. The summed E-state index contributed by atoms with van der Waals surface area (Å²) in [6.07, 6.45) is 0. The van der Waals surface area contributed by atoms with Gasteiger partial charge in [0.15, 0.2) is 0 Å². The number of rotatable bonds is 2. The molecule has 3 aromatic rings. The summed E-state index contributed by atoms with van der Waals surface area (Å²) in [7, 11) is 0. The molecule has 0 aliphatic heterocycles. The molecule has 106 valence electrons. The molecule has 0 amide bonds. The molecule has 0 aliphatic rings. The van der Waals surface area contributed by atoms with E-state index in [-0.39, 0.29) is 0 Å². The highest BCUT2D eigenvalue weighted by molar-refractivity contribution is 9.10. The number of hydrogen-bond donors (Lipinski definition) is 1. The van der Waals surface area contributed by atoms with Gasteiger partial charge in [-0.05, 0) is 55.3 Å². The second kappa shape index (κ2) is 5.24. The van der Waals surface area contributed by atoms with Gasteiger partial charge >= 0.3 is 0 Å². The molecular weight excluding hydrogens is 324 g/mol. The van der Waals surface area contributed by atoms with Gasteiger partial charge in [0.05, 0.1) is 11.1 Å². The molecule has 3 heteroatoms. The predicted octanol–water partition coefficient (Wildman–Crippen LogP) is 4.53. The molecule has 21 heavy (non-hydrogen) atoms. The summed E-state index contributed by atoms with van der Waals surface area (Å²) in [5.74, 6) is 0. The number of aromatic nitrogens is 1. The van der Waals surface area contributed by atoms with Gasteiger partial charge in [-0.2, -0.15) is 0 Å². The zero-order chi connectivity index (χ0) is 15.0. The fourth-order valence-corrected chi connectivity index (χ4v) is 2.78. The SMILES string of the molecule is Cc1ccc2cc(C(C)(N)c3ccc(Br)cc3)ccc2n1. The molecule has 1 heterocycles. The van der Waals surface area contributed by atoms with Crippen LogP contribution in [0.1, 0.15) is 23.7 Å². The highest BCUT2D eigenvalue weighted by Crippen LogP contribution is 2.29. The van der Waals surface area contributed by atoms with E-state index >= 15 is 0 Å². The molecule has 1 aromatic heterocycles. The van der Waals surface area contributed by atoms with Gasteiger partial charge in [0.25, 0.3) is 0 Å². The lowest BCUT2D eigenvalue weighted by atomic mass is 9.85. The van der Waals surface area contributed by atoms with Crippen molar-refractivity contribution in [1.29, 1.82) is 0 Å². The third-order valence-corrected chi connectivity index (χ3v) is 4.40. The van der Waals surface area contributed by atoms with E-state index in [1.807, 2.05) is 38.1 Å². The maximum absolute atomic E-state index is 6.59. The first-order valence-corrected chi connectivity index (χ1v) is 7.69. The van der Waals surface area contributed by atoms with Gasteiger partial charge in [0.1, 0.15) is 0 Å². The Hall–Kier alpha value is -1.71. The molecule has 1 unspecified atom stereocenters. The van der Waals surface area contributed by atoms with E-state index in [1.54, 1.807) is 0 Å². The monoisotopic (exact) mass is 340 g/mol. The second-order valence-corrected chi connectivity index (χ2v) is 6.49. The minimum atomic E-state index is -0.528. The van der Waals surface area contributed by atoms with Gasteiger partial charge in [0.2, 0.25) is 0 Å². The Morgan fingerprint density at radius 1 is 0.952 bits per heavy atom. The van der Waals surface area contributed by atoms with E-state index in [9.17, 15) is 0 Å². The minimum absolute atomic E-state index is 0.528. The van der Waals surface area contributed by atoms with Crippen molar-refractivity contribution in [3.05, 3.63) is 75.9 Å². The van der Waals surface area contributed by atoms with Gasteiger partial charge in [-0.3, -0.25) is 4.98 Å². The van der Waals surface area contributed by atoms with Crippen LogP contribution in [0.4, 0.5) is 0 Å². The van der Waals surface area contributed by atoms with Crippen molar-refractivity contribution in [2.24, 2.45) is 5.73 Å². The number of hydrogen-bond acceptors (Lipinski definition) is 2. The maximum atomic E-state index is 6.59. The summed E-state index contributed by atoms with van der Waals surface area (Å²) in [6, 6.07) is 18.5. The van der Waals surface area contributed by atoms with Gasteiger partial charge in [0, 0.05) is 15.6 Å². The van der Waals surface area contributed by atoms with Gasteiger partial charge in [-0.15, -0.1) is 0 Å². The molecular formula is C18H17BrN2. The van der Waals surface area contributed by atoms with Crippen LogP contribution in [-0.4, -0.2) is 4.98 Å². The molecule has 1 atom stereocenters. The molecule has 2 nitrogen and oxygen atoms in total. The third kappa shape index (κ3) is 2.71. The first-order chi connectivity index (χ1) is 9.96. The first kappa shape index (κ1) is 14.2. The molecule has 0 saturated carbocycles. The minimum Gasteiger partial charge on any atom is -0.318 e. The van der Waals surface area contributed by atoms with Crippen molar-refractivity contribution in [3.8, 4) is 0 Å². The number of halogens is 1. The lowest BCUT2D eigenvalue weighted by Crippen LogP contribution is -2.34. The predicted molar refractivity (Wildman–Crippen MR) is 91.3 cm³/mol. The standard InChI is InChI=1S/C18H17BrN2/c1-12-3-4-13-11-15(7-10-17(13)21-12)18(2,20)14-5-8-16(19)9-6-14/h3-11H,20H2,1-2H3. The summed E-state index contributed by atoms with van der Waals surface area (Å²) < 4.78 is 1.06. The zero-order valence-electron chi connectivity index (χ0n) is 12.1. The van der Waals surface area contributed by atoms with Crippen molar-refractivity contribution in [2.45, 2.75) is 19.4 Å². The quantitative estimate of drug-likeness (QED) is 0.744. The Morgan fingerprint density at radius 2 is 1.62 bits per heavy atom. The Balaban J connectivity index is 2.09. The highest BCUT2D eigenvalue weighted by atomic mass is 79.9. The zero-order valence-corrected chi connectivity index (χ0v) is 13.7. The average molecular weight is 341 g/mol. The van der Waals surface area contributed by atoms with E-state index in [0.29, 0.717) is 0 Å². The molecule has 2 N–H and O–H groups in total. The summed E-state index contributed by atoms with van der Waals surface area (Å²) in [5.41, 5.74) is 10.3. The summed E-state index contributed by atoms with van der Waals surface area (Å²) in [5, 5.41) is 1.12. The molecule has 2 aromatic carbocycles. The number of nitrogens with zero attached hydrogens (tertiary/aromatic N) is 1. The summed E-state index contributed by atoms with van der Waals surface area (Å²) >= 11 is 3.46. The van der Waals surface area contributed by atoms with Crippen LogP contribution in [0.15, 0.2) is 59.1 Å². The van der Waals surface area contributed by atoms with Gasteiger partial charge in [-0.25, -0.2) is 0 Å². The average Bonchev–Trinajstić information content (AvgIpc) is 2.47.